The van der Waals surface area contributed by atoms with E-state index in [2.05, 4.69) is 33.8 Å². The SMILES string of the molecule is CC(C)(C)O[C@H]1CC[C@H]2[C@H]3C(=C4CCC5(C[C@H]4C(Cl)C3C#N)OCCO5)CC[C@]12C. The van der Waals surface area contributed by atoms with Crippen LogP contribution in [0.1, 0.15) is 72.6 Å². The third-order valence-corrected chi connectivity index (χ3v) is 9.41. The van der Waals surface area contributed by atoms with Crippen molar-refractivity contribution in [2.24, 2.45) is 29.1 Å². The number of nitriles is 1. The van der Waals surface area contributed by atoms with Crippen molar-refractivity contribution in [1.29, 1.82) is 5.26 Å². The van der Waals surface area contributed by atoms with Crippen LogP contribution in [0.5, 0.6) is 0 Å². The summed E-state index contributed by atoms with van der Waals surface area (Å²) in [4.78, 5) is 0. The van der Waals surface area contributed by atoms with Crippen molar-refractivity contribution in [3.63, 3.8) is 0 Å². The minimum atomic E-state index is -0.461. The summed E-state index contributed by atoms with van der Waals surface area (Å²) < 4.78 is 18.6. The number of fused-ring (bicyclic) bond motifs is 4. The first kappa shape index (κ1) is 21.3. The highest BCUT2D eigenvalue weighted by molar-refractivity contribution is 6.21. The van der Waals surface area contributed by atoms with Gasteiger partial charge in [0, 0.05) is 24.7 Å². The van der Waals surface area contributed by atoms with Gasteiger partial charge in [-0.3, -0.25) is 0 Å². The first-order valence-corrected chi connectivity index (χ1v) is 12.3. The summed E-state index contributed by atoms with van der Waals surface area (Å²) >= 11 is 7.12. The minimum Gasteiger partial charge on any atom is -0.372 e. The molecule has 7 atom stereocenters. The van der Waals surface area contributed by atoms with Gasteiger partial charge in [0.05, 0.1) is 42.3 Å². The molecule has 1 aliphatic heterocycles. The van der Waals surface area contributed by atoms with Gasteiger partial charge in [0.1, 0.15) is 0 Å². The third-order valence-electron chi connectivity index (χ3n) is 8.83. The van der Waals surface area contributed by atoms with E-state index in [9.17, 15) is 5.26 Å². The Morgan fingerprint density at radius 2 is 1.80 bits per heavy atom. The smallest absolute Gasteiger partial charge is 0.169 e. The normalized spacial score (nSPS) is 45.1. The number of rotatable bonds is 1. The number of halogens is 1. The lowest BCUT2D eigenvalue weighted by Gasteiger charge is -2.54. The van der Waals surface area contributed by atoms with Crippen LogP contribution in [0.4, 0.5) is 0 Å². The van der Waals surface area contributed by atoms with E-state index in [1.165, 1.54) is 0 Å². The molecule has 5 aliphatic rings. The molecule has 5 rings (SSSR count). The van der Waals surface area contributed by atoms with Crippen LogP contribution in [0.25, 0.3) is 0 Å². The molecule has 4 aliphatic carbocycles. The highest BCUT2D eigenvalue weighted by Gasteiger charge is 2.60. The first-order chi connectivity index (χ1) is 14.2. The van der Waals surface area contributed by atoms with E-state index in [0.29, 0.717) is 19.1 Å². The Morgan fingerprint density at radius 3 is 2.47 bits per heavy atom. The van der Waals surface area contributed by atoms with Crippen LogP contribution in [0, 0.1) is 40.4 Å². The molecule has 1 spiro atoms. The zero-order valence-corrected chi connectivity index (χ0v) is 19.6. The Kier molecular flexibility index (Phi) is 5.10. The molecule has 0 bridgehead atoms. The van der Waals surface area contributed by atoms with E-state index in [1.54, 1.807) is 11.1 Å². The van der Waals surface area contributed by atoms with Gasteiger partial charge in [0.2, 0.25) is 0 Å². The zero-order chi connectivity index (χ0) is 21.3. The molecule has 30 heavy (non-hydrogen) atoms. The summed E-state index contributed by atoms with van der Waals surface area (Å²) in [7, 11) is 0. The Hall–Kier alpha value is -0.600. The molecule has 0 aromatic rings. The van der Waals surface area contributed by atoms with Crippen LogP contribution in [-0.2, 0) is 14.2 Å². The molecule has 0 radical (unpaired) electrons. The summed E-state index contributed by atoms with van der Waals surface area (Å²) in [5, 5.41) is 10.1. The van der Waals surface area contributed by atoms with Gasteiger partial charge >= 0.3 is 0 Å². The summed E-state index contributed by atoms with van der Waals surface area (Å²) in [5.41, 5.74) is 3.10. The fraction of sp³-hybridized carbons (Fsp3) is 0.880. The molecule has 3 saturated carbocycles. The summed E-state index contributed by atoms with van der Waals surface area (Å²) in [6.07, 6.45) is 7.49. The van der Waals surface area contributed by atoms with Crippen LogP contribution in [0.3, 0.4) is 0 Å². The van der Waals surface area contributed by atoms with Crippen molar-refractivity contribution in [3.05, 3.63) is 11.1 Å². The fourth-order valence-corrected chi connectivity index (χ4v) is 8.03. The van der Waals surface area contributed by atoms with Crippen LogP contribution >= 0.6 is 11.6 Å². The topological polar surface area (TPSA) is 51.5 Å². The highest BCUT2D eigenvalue weighted by Crippen LogP contribution is 2.64. The molecule has 0 aromatic heterocycles. The van der Waals surface area contributed by atoms with Crippen LogP contribution in [-0.4, -0.2) is 36.1 Å². The number of alkyl halides is 1. The lowest BCUT2D eigenvalue weighted by atomic mass is 9.53. The van der Waals surface area contributed by atoms with Crippen LogP contribution in [0.15, 0.2) is 11.1 Å². The third kappa shape index (κ3) is 3.19. The maximum atomic E-state index is 10.3. The van der Waals surface area contributed by atoms with E-state index in [1.807, 2.05) is 0 Å². The number of ether oxygens (including phenoxy) is 3. The Balaban J connectivity index is 1.49. The monoisotopic (exact) mass is 433 g/mol. The summed E-state index contributed by atoms with van der Waals surface area (Å²) in [5.74, 6) is 0.391. The molecule has 1 saturated heterocycles. The first-order valence-electron chi connectivity index (χ1n) is 11.9. The van der Waals surface area contributed by atoms with Crippen molar-refractivity contribution in [1.82, 2.24) is 0 Å². The molecule has 2 unspecified atom stereocenters. The molecule has 4 fully saturated rings. The molecule has 0 amide bonds. The quantitative estimate of drug-likeness (QED) is 0.399. The van der Waals surface area contributed by atoms with Gasteiger partial charge in [-0.1, -0.05) is 18.1 Å². The van der Waals surface area contributed by atoms with E-state index < -0.39 is 5.79 Å². The van der Waals surface area contributed by atoms with Crippen molar-refractivity contribution >= 4 is 11.6 Å². The lowest BCUT2D eigenvalue weighted by molar-refractivity contribution is -0.182. The summed E-state index contributed by atoms with van der Waals surface area (Å²) in [6, 6.07) is 2.67. The number of nitrogens with zero attached hydrogens (tertiary/aromatic N) is 1. The standard InChI is InChI=1S/C25H36ClNO3/c1-23(2,3)30-20-6-5-19-21-16(7-9-24(19,20)4)15-8-10-25(28-11-12-29-25)13-17(15)22(26)18(21)14-27/h17-22H,5-13H2,1-4H3/t17-,18?,19+,20+,21+,22?,24+/m1/s1. The van der Waals surface area contributed by atoms with Gasteiger partial charge in [0.15, 0.2) is 5.79 Å². The molecule has 1 heterocycles. The predicted molar refractivity (Wildman–Crippen MR) is 116 cm³/mol. The Morgan fingerprint density at radius 1 is 1.10 bits per heavy atom. The maximum absolute atomic E-state index is 10.3. The number of hydrogen-bond acceptors (Lipinski definition) is 4. The Labute approximate surface area is 186 Å². The fourth-order valence-electron chi connectivity index (χ4n) is 7.57. The van der Waals surface area contributed by atoms with Crippen LogP contribution in [0.2, 0.25) is 0 Å². The predicted octanol–water partition coefficient (Wildman–Crippen LogP) is 5.60. The van der Waals surface area contributed by atoms with Crippen molar-refractivity contribution < 1.29 is 14.2 Å². The lowest BCUT2D eigenvalue weighted by Crippen LogP contribution is -2.52. The second-order valence-electron chi connectivity index (χ2n) is 11.5. The maximum Gasteiger partial charge on any atom is 0.169 e. The van der Waals surface area contributed by atoms with Crippen molar-refractivity contribution in [2.45, 2.75) is 95.5 Å². The van der Waals surface area contributed by atoms with Gasteiger partial charge in [-0.15, -0.1) is 11.6 Å². The van der Waals surface area contributed by atoms with Crippen molar-refractivity contribution in [3.8, 4) is 6.07 Å². The number of allylic oxidation sites excluding steroid dienone is 2. The molecule has 166 valence electrons. The molecule has 4 nitrogen and oxygen atoms in total. The van der Waals surface area contributed by atoms with Gasteiger partial charge in [-0.05, 0) is 64.2 Å². The Bertz CT molecular complexity index is 774. The molecular formula is C25H36ClNO3. The van der Waals surface area contributed by atoms with Gasteiger partial charge in [-0.2, -0.15) is 5.26 Å². The van der Waals surface area contributed by atoms with E-state index in [0.717, 1.165) is 44.9 Å². The molecule has 0 N–H and O–H groups in total. The number of hydrogen-bond donors (Lipinski definition) is 0. The van der Waals surface area contributed by atoms with Gasteiger partial charge < -0.3 is 14.2 Å². The minimum absolute atomic E-state index is 0.133. The van der Waals surface area contributed by atoms with E-state index >= 15 is 0 Å². The average molecular weight is 434 g/mol. The molecular weight excluding hydrogens is 398 g/mol. The van der Waals surface area contributed by atoms with Crippen molar-refractivity contribution in [2.75, 3.05) is 13.2 Å². The largest absolute Gasteiger partial charge is 0.372 e. The molecule has 0 aromatic carbocycles. The zero-order valence-electron chi connectivity index (χ0n) is 18.9. The van der Waals surface area contributed by atoms with E-state index in [4.69, 9.17) is 25.8 Å². The van der Waals surface area contributed by atoms with Crippen LogP contribution < -0.4 is 0 Å². The summed E-state index contributed by atoms with van der Waals surface area (Å²) in [6.45, 7) is 10.2. The average Bonchev–Trinajstić information content (AvgIpc) is 3.26. The van der Waals surface area contributed by atoms with Gasteiger partial charge in [0.25, 0.3) is 0 Å². The van der Waals surface area contributed by atoms with Gasteiger partial charge in [-0.25, -0.2) is 0 Å². The second kappa shape index (κ2) is 7.20. The molecule has 5 heteroatoms. The second-order valence-corrected chi connectivity index (χ2v) is 12.0. The van der Waals surface area contributed by atoms with E-state index in [-0.39, 0.29) is 40.3 Å². The highest BCUT2D eigenvalue weighted by atomic mass is 35.5.